The smallest absolute Gasteiger partial charge is 0.325 e. The van der Waals surface area contributed by atoms with Crippen LogP contribution in [0, 0.1) is 6.92 Å². The van der Waals surface area contributed by atoms with Gasteiger partial charge in [-0.25, -0.2) is 15.0 Å². The number of carbonyl (C=O) groups is 3. The number of carbonyl (C=O) groups excluding carboxylic acids is 3. The largest absolute Gasteiger partial charge is 0.468 e. The number of aromatic nitrogens is 4. The van der Waals surface area contributed by atoms with Crippen LogP contribution in [0.5, 0.6) is 0 Å². The van der Waals surface area contributed by atoms with Crippen LogP contribution in [0.4, 0.5) is 5.82 Å². The molecule has 3 heterocycles. The molecule has 13 heteroatoms. The number of hydrogen-bond donors (Lipinski definition) is 3. The van der Waals surface area contributed by atoms with Gasteiger partial charge in [0.1, 0.15) is 23.7 Å². The molecule has 1 fully saturated rings. The van der Waals surface area contributed by atoms with Gasteiger partial charge in [-0.2, -0.15) is 0 Å². The SMILES string of the molecule is CCNC1(C(N)=O)CCN(c2nc(C)nc3c2nc(-c2ccccc2Cl)n3-c2ccc(C(=O)NCC(=O)OC)cc2)CC1. The summed E-state index contributed by atoms with van der Waals surface area (Å²) in [6, 6.07) is 14.3. The van der Waals surface area contributed by atoms with Gasteiger partial charge in [-0.05, 0) is 62.7 Å². The van der Waals surface area contributed by atoms with Crippen molar-refractivity contribution in [3.05, 3.63) is 64.9 Å². The van der Waals surface area contributed by atoms with Gasteiger partial charge in [-0.15, -0.1) is 0 Å². The molecule has 2 aromatic heterocycles. The molecule has 43 heavy (non-hydrogen) atoms. The number of imidazole rings is 1. The first-order valence-electron chi connectivity index (χ1n) is 13.9. The second-order valence-corrected chi connectivity index (χ2v) is 10.7. The third-order valence-electron chi connectivity index (χ3n) is 7.63. The van der Waals surface area contributed by atoms with Gasteiger partial charge in [0.05, 0.1) is 12.1 Å². The minimum Gasteiger partial charge on any atom is -0.468 e. The Kier molecular flexibility index (Phi) is 8.60. The summed E-state index contributed by atoms with van der Waals surface area (Å²) < 4.78 is 6.48. The van der Waals surface area contributed by atoms with Gasteiger partial charge in [0.15, 0.2) is 17.0 Å². The number of nitrogens with two attached hydrogens (primary N) is 1. The number of benzene rings is 2. The van der Waals surface area contributed by atoms with E-state index in [9.17, 15) is 14.4 Å². The van der Waals surface area contributed by atoms with Crippen molar-refractivity contribution >= 4 is 46.4 Å². The first-order chi connectivity index (χ1) is 20.7. The maximum absolute atomic E-state index is 12.6. The molecule has 2 amide bonds. The lowest BCUT2D eigenvalue weighted by Gasteiger charge is -2.40. The molecule has 1 saturated heterocycles. The van der Waals surface area contributed by atoms with Crippen molar-refractivity contribution < 1.29 is 19.1 Å². The summed E-state index contributed by atoms with van der Waals surface area (Å²) in [6.07, 6.45) is 1.05. The lowest BCUT2D eigenvalue weighted by molar-refractivity contribution is -0.139. The molecule has 0 unspecified atom stereocenters. The molecule has 4 aromatic rings. The number of piperidine rings is 1. The van der Waals surface area contributed by atoms with Gasteiger partial charge in [0, 0.05) is 29.9 Å². The average Bonchev–Trinajstić information content (AvgIpc) is 3.39. The van der Waals surface area contributed by atoms with Gasteiger partial charge < -0.3 is 26.0 Å². The van der Waals surface area contributed by atoms with Crippen LogP contribution in [0.25, 0.3) is 28.2 Å². The van der Waals surface area contributed by atoms with Crippen LogP contribution >= 0.6 is 11.6 Å². The lowest BCUT2D eigenvalue weighted by atomic mass is 9.86. The van der Waals surface area contributed by atoms with Crippen molar-refractivity contribution in [2.45, 2.75) is 32.2 Å². The average molecular weight is 605 g/mol. The fourth-order valence-electron chi connectivity index (χ4n) is 5.38. The number of fused-ring (bicyclic) bond motifs is 1. The van der Waals surface area contributed by atoms with E-state index < -0.39 is 17.4 Å². The molecule has 0 aliphatic carbocycles. The topological polar surface area (TPSA) is 157 Å². The molecular weight excluding hydrogens is 572 g/mol. The van der Waals surface area contributed by atoms with Gasteiger partial charge in [0.2, 0.25) is 5.91 Å². The van der Waals surface area contributed by atoms with E-state index in [1.807, 2.05) is 36.6 Å². The third kappa shape index (κ3) is 5.88. The van der Waals surface area contributed by atoms with Crippen LogP contribution in [-0.4, -0.2) is 76.1 Å². The van der Waals surface area contributed by atoms with E-state index in [1.165, 1.54) is 7.11 Å². The van der Waals surface area contributed by atoms with Gasteiger partial charge in [-0.3, -0.25) is 19.0 Å². The summed E-state index contributed by atoms with van der Waals surface area (Å²) in [5.41, 5.74) is 7.95. The first kappa shape index (κ1) is 29.9. The molecule has 12 nitrogen and oxygen atoms in total. The van der Waals surface area contributed by atoms with Crippen molar-refractivity contribution in [1.29, 1.82) is 0 Å². The summed E-state index contributed by atoms with van der Waals surface area (Å²) in [6.45, 7) is 5.27. The molecule has 0 bridgehead atoms. The number of hydrogen-bond acceptors (Lipinski definition) is 9. The van der Waals surface area contributed by atoms with E-state index in [2.05, 4.69) is 20.3 Å². The van der Waals surface area contributed by atoms with Gasteiger partial charge in [0.25, 0.3) is 5.91 Å². The highest BCUT2D eigenvalue weighted by Crippen LogP contribution is 2.36. The number of primary amides is 1. The number of methoxy groups -OCH3 is 1. The second kappa shape index (κ2) is 12.4. The molecule has 5 rings (SSSR count). The standard InChI is InChI=1S/C30H33ClN8O4/c1-4-34-30(29(32)42)13-15-38(16-14-30)26-24-27(36-18(2)35-26)39(25(37-24)21-7-5-6-8-22(21)31)20-11-9-19(10-12-20)28(41)33-17-23(40)43-3/h5-12,34H,4,13-17H2,1-3H3,(H2,32,42)(H,33,41). The van der Waals surface area contributed by atoms with Crippen molar-refractivity contribution in [2.75, 3.05) is 38.2 Å². The predicted octanol–water partition coefficient (Wildman–Crippen LogP) is 2.78. The number of anilines is 1. The van der Waals surface area contributed by atoms with Crippen LogP contribution in [0.3, 0.4) is 0 Å². The Labute approximate surface area is 253 Å². The number of rotatable bonds is 9. The van der Waals surface area contributed by atoms with E-state index >= 15 is 0 Å². The van der Waals surface area contributed by atoms with E-state index in [0.717, 1.165) is 0 Å². The number of halogens is 1. The highest BCUT2D eigenvalue weighted by atomic mass is 35.5. The van der Waals surface area contributed by atoms with Crippen LogP contribution in [0.1, 0.15) is 35.9 Å². The number of nitrogens with one attached hydrogen (secondary N) is 2. The Hall–Kier alpha value is -4.55. The highest BCUT2D eigenvalue weighted by molar-refractivity contribution is 6.33. The Morgan fingerprint density at radius 1 is 1.05 bits per heavy atom. The molecule has 1 aliphatic rings. The zero-order chi connectivity index (χ0) is 30.7. The summed E-state index contributed by atoms with van der Waals surface area (Å²) in [4.78, 5) is 53.1. The van der Waals surface area contributed by atoms with Crippen LogP contribution < -0.4 is 21.3 Å². The van der Waals surface area contributed by atoms with Gasteiger partial charge >= 0.3 is 5.97 Å². The molecule has 1 aliphatic heterocycles. The maximum atomic E-state index is 12.6. The summed E-state index contributed by atoms with van der Waals surface area (Å²) >= 11 is 6.65. The Balaban J connectivity index is 1.59. The van der Waals surface area contributed by atoms with E-state index in [0.29, 0.717) is 82.9 Å². The fraction of sp³-hybridized carbons (Fsp3) is 0.333. The van der Waals surface area contributed by atoms with E-state index in [-0.39, 0.29) is 12.5 Å². The summed E-state index contributed by atoms with van der Waals surface area (Å²) in [7, 11) is 1.26. The monoisotopic (exact) mass is 604 g/mol. The Morgan fingerprint density at radius 2 is 1.74 bits per heavy atom. The molecule has 4 N–H and O–H groups in total. The van der Waals surface area contributed by atoms with Crippen LogP contribution in [-0.2, 0) is 14.3 Å². The molecule has 2 aromatic carbocycles. The quantitative estimate of drug-likeness (QED) is 0.244. The highest BCUT2D eigenvalue weighted by Gasteiger charge is 2.40. The number of aryl methyl sites for hydroxylation is 1. The summed E-state index contributed by atoms with van der Waals surface area (Å²) in [5, 5.41) is 6.34. The molecule has 0 atom stereocenters. The van der Waals surface area contributed by atoms with E-state index in [1.54, 1.807) is 30.3 Å². The van der Waals surface area contributed by atoms with Crippen molar-refractivity contribution in [3.8, 4) is 17.1 Å². The zero-order valence-corrected chi connectivity index (χ0v) is 24.9. The van der Waals surface area contributed by atoms with Crippen molar-refractivity contribution in [2.24, 2.45) is 5.73 Å². The molecule has 0 spiro atoms. The van der Waals surface area contributed by atoms with E-state index in [4.69, 9.17) is 32.3 Å². The van der Waals surface area contributed by atoms with Crippen molar-refractivity contribution in [3.63, 3.8) is 0 Å². The van der Waals surface area contributed by atoms with Crippen LogP contribution in [0.15, 0.2) is 48.5 Å². The molecule has 224 valence electrons. The van der Waals surface area contributed by atoms with Crippen LogP contribution in [0.2, 0.25) is 5.02 Å². The summed E-state index contributed by atoms with van der Waals surface area (Å²) in [5.74, 6) is 0.454. The number of ether oxygens (including phenoxy) is 1. The lowest BCUT2D eigenvalue weighted by Crippen LogP contribution is -2.61. The number of amides is 2. The third-order valence-corrected chi connectivity index (χ3v) is 7.96. The minimum absolute atomic E-state index is 0.232. The molecular formula is C30H33ClN8O4. The minimum atomic E-state index is -0.764. The zero-order valence-electron chi connectivity index (χ0n) is 24.2. The number of nitrogens with zero attached hydrogens (tertiary/aromatic N) is 5. The molecule has 0 radical (unpaired) electrons. The second-order valence-electron chi connectivity index (χ2n) is 10.3. The molecule has 0 saturated carbocycles. The number of esters is 1. The van der Waals surface area contributed by atoms with Crippen molar-refractivity contribution in [1.82, 2.24) is 30.2 Å². The Morgan fingerprint density at radius 3 is 2.37 bits per heavy atom. The Bertz CT molecular complexity index is 1680. The normalized spacial score (nSPS) is 14.5. The number of likely N-dealkylation sites (N-methyl/N-ethyl adjacent to an activating group) is 1. The maximum Gasteiger partial charge on any atom is 0.325 e. The van der Waals surface area contributed by atoms with Gasteiger partial charge in [-0.1, -0.05) is 30.7 Å². The first-order valence-corrected chi connectivity index (χ1v) is 14.3. The fourth-order valence-corrected chi connectivity index (χ4v) is 5.60. The predicted molar refractivity (Wildman–Crippen MR) is 163 cm³/mol.